The molecule has 2 heterocycles. The topological polar surface area (TPSA) is 33.5 Å². The van der Waals surface area contributed by atoms with Gasteiger partial charge in [0.05, 0.1) is 15.6 Å². The van der Waals surface area contributed by atoms with E-state index in [9.17, 15) is 4.79 Å². The number of furan rings is 1. The number of hydrogen-bond donors (Lipinski definition) is 0. The summed E-state index contributed by atoms with van der Waals surface area (Å²) in [7, 11) is 0. The van der Waals surface area contributed by atoms with E-state index in [2.05, 4.69) is 6.92 Å². The van der Waals surface area contributed by atoms with Gasteiger partial charge < -0.3 is 4.42 Å². The molecule has 2 aromatic carbocycles. The third-order valence-electron chi connectivity index (χ3n) is 4.44. The fourth-order valence-electron chi connectivity index (χ4n) is 2.94. The van der Waals surface area contributed by atoms with Gasteiger partial charge in [0, 0.05) is 11.6 Å². The molecule has 0 atom stereocenters. The van der Waals surface area contributed by atoms with Crippen LogP contribution in [-0.4, -0.2) is 10.2 Å². The van der Waals surface area contributed by atoms with Gasteiger partial charge in [-0.25, -0.2) is 0 Å². The molecule has 0 aliphatic carbocycles. The Morgan fingerprint density at radius 3 is 2.57 bits per heavy atom. The lowest BCUT2D eigenvalue weighted by Crippen LogP contribution is -2.27. The molecule has 3 aromatic rings. The molecule has 1 saturated heterocycles. The van der Waals surface area contributed by atoms with E-state index in [0.717, 1.165) is 17.7 Å². The maximum Gasteiger partial charge on any atom is 0.270 e. The monoisotopic (exact) mass is 425 g/mol. The third kappa shape index (κ3) is 3.65. The molecule has 1 fully saturated rings. The van der Waals surface area contributed by atoms with Crippen molar-refractivity contribution in [2.45, 2.75) is 13.3 Å². The Morgan fingerprint density at radius 1 is 1.11 bits per heavy atom. The van der Waals surface area contributed by atoms with Crippen molar-refractivity contribution in [3.05, 3.63) is 81.9 Å². The van der Waals surface area contributed by atoms with Crippen LogP contribution in [0.15, 0.2) is 70.0 Å². The number of carbonyl (C=O) groups is 1. The molecule has 1 aliphatic rings. The quantitative estimate of drug-likeness (QED) is 0.349. The number of anilines is 1. The van der Waals surface area contributed by atoms with Crippen molar-refractivity contribution in [2.24, 2.45) is 0 Å². The number of nitrogens with zero attached hydrogens (tertiary/aromatic N) is 1. The van der Waals surface area contributed by atoms with E-state index in [0.29, 0.717) is 25.8 Å². The maximum atomic E-state index is 12.9. The van der Waals surface area contributed by atoms with Crippen LogP contribution in [0.25, 0.3) is 17.4 Å². The summed E-state index contributed by atoms with van der Waals surface area (Å²) < 4.78 is 6.39. The second kappa shape index (κ2) is 7.95. The minimum Gasteiger partial charge on any atom is -0.457 e. The maximum absolute atomic E-state index is 12.9. The molecule has 0 spiro atoms. The highest BCUT2D eigenvalue weighted by molar-refractivity contribution is 8.27. The Morgan fingerprint density at radius 2 is 1.86 bits per heavy atom. The highest BCUT2D eigenvalue weighted by Crippen LogP contribution is 2.37. The number of rotatable bonds is 4. The minimum atomic E-state index is -0.144. The fourth-order valence-corrected chi connectivity index (χ4v) is 4.44. The molecule has 140 valence electrons. The number of carbonyl (C=O) groups excluding carboxylic acids is 1. The van der Waals surface area contributed by atoms with E-state index in [1.165, 1.54) is 17.3 Å². The van der Waals surface area contributed by atoms with E-state index >= 15 is 0 Å². The minimum absolute atomic E-state index is 0.144. The zero-order valence-electron chi connectivity index (χ0n) is 15.0. The largest absolute Gasteiger partial charge is 0.457 e. The van der Waals surface area contributed by atoms with Crippen molar-refractivity contribution in [1.82, 2.24) is 0 Å². The predicted molar refractivity (Wildman–Crippen MR) is 121 cm³/mol. The van der Waals surface area contributed by atoms with Crippen LogP contribution in [0.1, 0.15) is 18.2 Å². The van der Waals surface area contributed by atoms with E-state index in [-0.39, 0.29) is 5.91 Å². The van der Waals surface area contributed by atoms with Crippen LogP contribution < -0.4 is 4.90 Å². The second-order valence-corrected chi connectivity index (χ2v) is 8.30. The molecule has 6 heteroatoms. The lowest BCUT2D eigenvalue weighted by atomic mass is 10.1. The molecule has 0 saturated carbocycles. The molecular weight excluding hydrogens is 410 g/mol. The van der Waals surface area contributed by atoms with Gasteiger partial charge >= 0.3 is 0 Å². The number of aryl methyl sites for hydroxylation is 1. The number of thiocarbonyl (C=S) groups is 1. The van der Waals surface area contributed by atoms with Crippen molar-refractivity contribution in [2.75, 3.05) is 4.90 Å². The Kier molecular flexibility index (Phi) is 5.40. The van der Waals surface area contributed by atoms with E-state index in [1.54, 1.807) is 11.0 Å². The van der Waals surface area contributed by atoms with Crippen LogP contribution >= 0.6 is 35.6 Å². The van der Waals surface area contributed by atoms with Crippen molar-refractivity contribution >= 4 is 57.6 Å². The molecule has 1 amide bonds. The van der Waals surface area contributed by atoms with Crippen LogP contribution in [-0.2, 0) is 11.2 Å². The van der Waals surface area contributed by atoms with Gasteiger partial charge in [0.1, 0.15) is 11.5 Å². The predicted octanol–water partition coefficient (Wildman–Crippen LogP) is 6.57. The smallest absolute Gasteiger partial charge is 0.270 e. The summed E-state index contributed by atoms with van der Waals surface area (Å²) in [5.41, 5.74) is 2.80. The molecule has 0 unspecified atom stereocenters. The van der Waals surface area contributed by atoms with Gasteiger partial charge in [0.15, 0.2) is 4.32 Å². The molecule has 28 heavy (non-hydrogen) atoms. The van der Waals surface area contributed by atoms with Crippen LogP contribution in [0.5, 0.6) is 0 Å². The highest BCUT2D eigenvalue weighted by Gasteiger charge is 2.33. The molecular formula is C22H16ClNO2S2. The Labute approximate surface area is 178 Å². The molecule has 3 nitrogen and oxygen atoms in total. The lowest BCUT2D eigenvalue weighted by Gasteiger charge is -2.14. The molecule has 1 aliphatic heterocycles. The SMILES string of the molecule is CCc1ccc(N2C(=O)C(=Cc3ccc(-c4ccccc4Cl)o3)SC2=S)cc1. The Bertz CT molecular complexity index is 1090. The summed E-state index contributed by atoms with van der Waals surface area (Å²) >= 11 is 12.9. The first-order chi connectivity index (χ1) is 13.6. The average molecular weight is 426 g/mol. The average Bonchev–Trinajstić information content (AvgIpc) is 3.27. The molecule has 0 radical (unpaired) electrons. The highest BCUT2D eigenvalue weighted by atomic mass is 35.5. The summed E-state index contributed by atoms with van der Waals surface area (Å²) in [5, 5.41) is 0.616. The molecule has 4 rings (SSSR count). The fraction of sp³-hybridized carbons (Fsp3) is 0.0909. The van der Waals surface area contributed by atoms with Crippen LogP contribution in [0.4, 0.5) is 5.69 Å². The van der Waals surface area contributed by atoms with Gasteiger partial charge in [-0.05, 0) is 48.4 Å². The first-order valence-electron chi connectivity index (χ1n) is 8.78. The van der Waals surface area contributed by atoms with Crippen LogP contribution in [0.2, 0.25) is 5.02 Å². The first kappa shape index (κ1) is 19.0. The van der Waals surface area contributed by atoms with Crippen molar-refractivity contribution in [3.63, 3.8) is 0 Å². The van der Waals surface area contributed by atoms with Crippen molar-refractivity contribution in [3.8, 4) is 11.3 Å². The second-order valence-electron chi connectivity index (χ2n) is 6.22. The number of benzene rings is 2. The number of thioether (sulfide) groups is 1. The lowest BCUT2D eigenvalue weighted by molar-refractivity contribution is -0.113. The number of halogens is 1. The summed E-state index contributed by atoms with van der Waals surface area (Å²) in [6.07, 6.45) is 2.67. The molecule has 1 aromatic heterocycles. The number of hydrogen-bond acceptors (Lipinski definition) is 4. The van der Waals surface area contributed by atoms with E-state index in [1.807, 2.05) is 60.7 Å². The summed E-state index contributed by atoms with van der Waals surface area (Å²) in [6, 6.07) is 19.0. The summed E-state index contributed by atoms with van der Waals surface area (Å²) in [4.78, 5) is 15.0. The van der Waals surface area contributed by atoms with Crippen LogP contribution in [0.3, 0.4) is 0 Å². The van der Waals surface area contributed by atoms with Crippen LogP contribution in [0, 0.1) is 0 Å². The summed E-state index contributed by atoms with van der Waals surface area (Å²) in [6.45, 7) is 2.09. The van der Waals surface area contributed by atoms with Crippen molar-refractivity contribution < 1.29 is 9.21 Å². The van der Waals surface area contributed by atoms with Gasteiger partial charge in [0.2, 0.25) is 0 Å². The van der Waals surface area contributed by atoms with Gasteiger partial charge in [0.25, 0.3) is 5.91 Å². The molecule has 0 N–H and O–H groups in total. The van der Waals surface area contributed by atoms with Gasteiger partial charge in [-0.15, -0.1) is 0 Å². The first-order valence-corrected chi connectivity index (χ1v) is 10.4. The standard InChI is InChI=1S/C22H16ClNO2S2/c1-2-14-7-9-15(10-8-14)24-21(25)20(28-22(24)27)13-16-11-12-19(26-16)17-5-3-4-6-18(17)23/h3-13H,2H2,1H3. The number of amides is 1. The van der Waals surface area contributed by atoms with Crippen molar-refractivity contribution in [1.29, 1.82) is 0 Å². The van der Waals surface area contributed by atoms with E-state index in [4.69, 9.17) is 28.2 Å². The van der Waals surface area contributed by atoms with Gasteiger partial charge in [-0.2, -0.15) is 0 Å². The third-order valence-corrected chi connectivity index (χ3v) is 6.07. The normalized spacial score (nSPS) is 15.6. The zero-order chi connectivity index (χ0) is 19.7. The van der Waals surface area contributed by atoms with Gasteiger partial charge in [-0.1, -0.05) is 66.8 Å². The van der Waals surface area contributed by atoms with Gasteiger partial charge in [-0.3, -0.25) is 9.69 Å². The van der Waals surface area contributed by atoms with E-state index < -0.39 is 0 Å². The Hall–Kier alpha value is -2.34. The zero-order valence-corrected chi connectivity index (χ0v) is 17.4. The molecule has 0 bridgehead atoms. The summed E-state index contributed by atoms with van der Waals surface area (Å²) in [5.74, 6) is 1.09. The Balaban J connectivity index is 1.60.